The van der Waals surface area contributed by atoms with Gasteiger partial charge in [-0.1, -0.05) is 19.8 Å². The van der Waals surface area contributed by atoms with Crippen molar-refractivity contribution in [2.75, 3.05) is 11.5 Å². The minimum absolute atomic E-state index is 0.241. The molecule has 1 heterocycles. The minimum Gasteiger partial charge on any atom is -0.478 e. The number of carbonyl (C=O) groups excluding carboxylic acids is 2. The van der Waals surface area contributed by atoms with Crippen LogP contribution in [0.25, 0.3) is 0 Å². The Morgan fingerprint density at radius 1 is 1.36 bits per heavy atom. The smallest absolute Gasteiger partial charge is 0.422 e. The first-order valence-corrected chi connectivity index (χ1v) is 6.46. The lowest BCUT2D eigenvalue weighted by Crippen LogP contribution is -2.34. The van der Waals surface area contributed by atoms with Crippen molar-refractivity contribution in [3.63, 3.8) is 0 Å². The van der Waals surface area contributed by atoms with Crippen LogP contribution in [0.4, 0.5) is 19.3 Å². The molecule has 0 saturated carbocycles. The highest BCUT2D eigenvalue weighted by molar-refractivity contribution is 6.18. The van der Waals surface area contributed by atoms with Crippen molar-refractivity contribution < 1.29 is 27.8 Å². The lowest BCUT2D eigenvalue weighted by Gasteiger charge is -2.15. The number of terminal acetylenes is 1. The summed E-state index contributed by atoms with van der Waals surface area (Å²) >= 11 is 0. The van der Waals surface area contributed by atoms with Crippen LogP contribution in [-0.2, 0) is 9.53 Å². The second-order valence-electron chi connectivity index (χ2n) is 4.95. The van der Waals surface area contributed by atoms with Crippen molar-refractivity contribution in [2.24, 2.45) is 5.92 Å². The van der Waals surface area contributed by atoms with Crippen molar-refractivity contribution in [2.45, 2.75) is 20.0 Å². The second-order valence-corrected chi connectivity index (χ2v) is 4.95. The van der Waals surface area contributed by atoms with Gasteiger partial charge in [0.1, 0.15) is 6.61 Å². The van der Waals surface area contributed by atoms with Gasteiger partial charge in [0.15, 0.2) is 23.5 Å². The Balaban J connectivity index is 2.42. The van der Waals surface area contributed by atoms with E-state index in [0.717, 1.165) is 6.07 Å². The highest BCUT2D eigenvalue weighted by atomic mass is 19.1. The molecule has 1 aromatic carbocycles. The fourth-order valence-electron chi connectivity index (χ4n) is 1.99. The number of imide groups is 1. The number of amides is 2. The Hall–Kier alpha value is -2.62. The molecule has 22 heavy (non-hydrogen) atoms. The van der Waals surface area contributed by atoms with Gasteiger partial charge in [0.2, 0.25) is 0 Å². The van der Waals surface area contributed by atoms with E-state index in [4.69, 9.17) is 15.9 Å². The van der Waals surface area contributed by atoms with Crippen molar-refractivity contribution in [3.8, 4) is 18.1 Å². The summed E-state index contributed by atoms with van der Waals surface area (Å²) < 4.78 is 37.4. The van der Waals surface area contributed by atoms with Crippen molar-refractivity contribution in [1.29, 1.82) is 0 Å². The monoisotopic (exact) mass is 309 g/mol. The predicted octanol–water partition coefficient (Wildman–Crippen LogP) is 2.48. The molecule has 1 fully saturated rings. The maximum Gasteiger partial charge on any atom is 0.422 e. The van der Waals surface area contributed by atoms with E-state index in [0.29, 0.717) is 11.0 Å². The van der Waals surface area contributed by atoms with Crippen LogP contribution in [0.2, 0.25) is 0 Å². The first kappa shape index (κ1) is 15.8. The van der Waals surface area contributed by atoms with E-state index in [1.807, 2.05) is 0 Å². The molecule has 7 heteroatoms. The molecule has 5 nitrogen and oxygen atoms in total. The molecular weight excluding hydrogens is 296 g/mol. The van der Waals surface area contributed by atoms with E-state index < -0.39 is 35.4 Å². The molecule has 0 N–H and O–H groups in total. The average molecular weight is 309 g/mol. The molecule has 0 bridgehead atoms. The average Bonchev–Trinajstić information content (AvgIpc) is 2.74. The van der Waals surface area contributed by atoms with Crippen LogP contribution < -0.4 is 9.64 Å². The second kappa shape index (κ2) is 6.02. The summed E-state index contributed by atoms with van der Waals surface area (Å²) in [6, 6.07) is 1.42. The summed E-state index contributed by atoms with van der Waals surface area (Å²) in [4.78, 5) is 24.5. The molecule has 0 spiro atoms. The van der Waals surface area contributed by atoms with Crippen LogP contribution in [0.5, 0.6) is 5.75 Å². The summed E-state index contributed by atoms with van der Waals surface area (Å²) in [5, 5.41) is 0. The third-order valence-corrected chi connectivity index (χ3v) is 3.03. The Morgan fingerprint density at radius 2 is 2.05 bits per heavy atom. The van der Waals surface area contributed by atoms with E-state index in [2.05, 4.69) is 5.92 Å². The van der Waals surface area contributed by atoms with E-state index >= 15 is 0 Å². The molecular formula is C15H13F2NO4. The number of benzene rings is 1. The Kier molecular flexibility index (Phi) is 4.31. The largest absolute Gasteiger partial charge is 0.478 e. The number of rotatable bonds is 4. The van der Waals surface area contributed by atoms with Gasteiger partial charge in [-0.3, -0.25) is 4.79 Å². The fourth-order valence-corrected chi connectivity index (χ4v) is 1.99. The molecule has 1 saturated heterocycles. The quantitative estimate of drug-likeness (QED) is 0.802. The summed E-state index contributed by atoms with van der Waals surface area (Å²) in [5.74, 6) is -1.29. The van der Waals surface area contributed by atoms with Crippen LogP contribution >= 0.6 is 0 Å². The van der Waals surface area contributed by atoms with Crippen LogP contribution in [0.15, 0.2) is 12.1 Å². The van der Waals surface area contributed by atoms with E-state index in [-0.39, 0.29) is 18.3 Å². The van der Waals surface area contributed by atoms with Crippen molar-refractivity contribution in [3.05, 3.63) is 23.8 Å². The number of nitrogens with zero attached hydrogens (tertiary/aromatic N) is 1. The molecule has 1 aliphatic heterocycles. The third-order valence-electron chi connectivity index (χ3n) is 3.03. The van der Waals surface area contributed by atoms with E-state index in [1.165, 1.54) is 0 Å². The Morgan fingerprint density at radius 3 is 2.59 bits per heavy atom. The normalized spacial score (nSPS) is 17.6. The topological polar surface area (TPSA) is 55.8 Å². The zero-order valence-corrected chi connectivity index (χ0v) is 11.9. The molecule has 1 unspecified atom stereocenters. The van der Waals surface area contributed by atoms with Gasteiger partial charge in [-0.15, -0.1) is 6.42 Å². The zero-order chi connectivity index (χ0) is 16.4. The lowest BCUT2D eigenvalue weighted by molar-refractivity contribution is -0.123. The number of anilines is 1. The van der Waals surface area contributed by atoms with Crippen molar-refractivity contribution >= 4 is 17.7 Å². The third kappa shape index (κ3) is 2.72. The Labute approximate surface area is 125 Å². The molecule has 2 rings (SSSR count). The number of halogens is 2. The summed E-state index contributed by atoms with van der Waals surface area (Å²) in [5.41, 5.74) is -0.438. The van der Waals surface area contributed by atoms with E-state index in [1.54, 1.807) is 13.8 Å². The zero-order valence-electron chi connectivity index (χ0n) is 11.9. The lowest BCUT2D eigenvalue weighted by atomic mass is 10.1. The molecule has 1 aromatic rings. The van der Waals surface area contributed by atoms with Crippen molar-refractivity contribution in [1.82, 2.24) is 0 Å². The standard InChI is InChI=1S/C15H13F2NO4/c1-4-5-21-12-7-11(9(16)6-10(12)17)18-14(19)13(8(2)3)22-15(18)20/h1,6-8,13H,5H2,2-3H3. The molecule has 1 aliphatic rings. The molecule has 116 valence electrons. The SMILES string of the molecule is C#CCOc1cc(N2C(=O)OC(C(C)C)C2=O)c(F)cc1F. The van der Waals surface area contributed by atoms with Crippen LogP contribution in [0.3, 0.4) is 0 Å². The predicted molar refractivity (Wildman–Crippen MR) is 73.3 cm³/mol. The molecule has 0 radical (unpaired) electrons. The first-order valence-electron chi connectivity index (χ1n) is 6.46. The summed E-state index contributed by atoms with van der Waals surface area (Å²) in [6.45, 7) is 3.12. The van der Waals surface area contributed by atoms with Crippen LogP contribution in [-0.4, -0.2) is 24.7 Å². The molecule has 1 atom stereocenters. The first-order chi connectivity index (χ1) is 10.4. The molecule has 0 aliphatic carbocycles. The van der Waals surface area contributed by atoms with Crippen LogP contribution in [0.1, 0.15) is 13.8 Å². The maximum atomic E-state index is 13.9. The van der Waals surface area contributed by atoms with E-state index in [9.17, 15) is 18.4 Å². The van der Waals surface area contributed by atoms with Gasteiger partial charge in [-0.25, -0.2) is 18.5 Å². The number of hydrogen-bond acceptors (Lipinski definition) is 4. The summed E-state index contributed by atoms with van der Waals surface area (Å²) in [7, 11) is 0. The number of carbonyl (C=O) groups is 2. The van der Waals surface area contributed by atoms with Crippen LogP contribution in [0, 0.1) is 29.9 Å². The summed E-state index contributed by atoms with van der Waals surface area (Å²) in [6.07, 6.45) is 2.98. The minimum atomic E-state index is -1.08. The van der Waals surface area contributed by atoms with Gasteiger partial charge in [-0.2, -0.15) is 0 Å². The van der Waals surface area contributed by atoms with Gasteiger partial charge in [0.25, 0.3) is 5.91 Å². The van der Waals surface area contributed by atoms with Gasteiger partial charge in [0, 0.05) is 12.1 Å². The molecule has 0 aromatic heterocycles. The maximum absolute atomic E-state index is 13.9. The molecule has 2 amide bonds. The van der Waals surface area contributed by atoms with Gasteiger partial charge in [-0.05, 0) is 5.92 Å². The fraction of sp³-hybridized carbons (Fsp3) is 0.333. The highest BCUT2D eigenvalue weighted by Crippen LogP contribution is 2.32. The van der Waals surface area contributed by atoms with Gasteiger partial charge in [0.05, 0.1) is 5.69 Å². The number of hydrogen-bond donors (Lipinski definition) is 0. The van der Waals surface area contributed by atoms with Gasteiger partial charge < -0.3 is 9.47 Å². The van der Waals surface area contributed by atoms with Gasteiger partial charge >= 0.3 is 6.09 Å². The number of cyclic esters (lactones) is 1. The number of ether oxygens (including phenoxy) is 2. The Bertz CT molecular complexity index is 666. The highest BCUT2D eigenvalue weighted by Gasteiger charge is 2.44.